The van der Waals surface area contributed by atoms with Gasteiger partial charge in [-0.3, -0.25) is 0 Å². The third kappa shape index (κ3) is 2.09. The van der Waals surface area contributed by atoms with Crippen molar-refractivity contribution < 1.29 is 4.74 Å². The van der Waals surface area contributed by atoms with Gasteiger partial charge in [0.1, 0.15) is 10.4 Å². The number of aryl methyl sites for hydroxylation is 1. The number of ether oxygens (including phenoxy) is 1. The molecule has 0 aliphatic carbocycles. The van der Waals surface area contributed by atoms with Gasteiger partial charge in [0, 0.05) is 6.07 Å². The topological polar surface area (TPSA) is 35.0 Å². The molecule has 0 unspecified atom stereocenters. The van der Waals surface area contributed by atoms with Crippen molar-refractivity contribution in [3.8, 4) is 5.75 Å². The molecule has 15 heavy (non-hydrogen) atoms. The van der Waals surface area contributed by atoms with Crippen molar-refractivity contribution >= 4 is 27.0 Å². The molecule has 1 heterocycles. The molecule has 0 bridgehead atoms. The zero-order valence-corrected chi connectivity index (χ0v) is 10.2. The van der Waals surface area contributed by atoms with Crippen LogP contribution in [-0.2, 0) is 0 Å². The Labute approximate surface area is 96.6 Å². The van der Waals surface area contributed by atoms with Crippen LogP contribution in [0, 0.1) is 6.92 Å². The zero-order valence-electron chi connectivity index (χ0n) is 8.62. The van der Waals surface area contributed by atoms with Gasteiger partial charge in [0.2, 0.25) is 0 Å². The van der Waals surface area contributed by atoms with E-state index in [1.54, 1.807) is 0 Å². The van der Waals surface area contributed by atoms with E-state index in [0.717, 1.165) is 27.1 Å². The minimum Gasteiger partial charge on any atom is -0.494 e. The van der Waals surface area contributed by atoms with Gasteiger partial charge >= 0.3 is 0 Å². The molecule has 78 valence electrons. The lowest BCUT2D eigenvalue weighted by molar-refractivity contribution is 0.340. The van der Waals surface area contributed by atoms with Crippen molar-refractivity contribution in [1.82, 2.24) is 9.97 Å². The summed E-state index contributed by atoms with van der Waals surface area (Å²) >= 11 is 3.36. The highest BCUT2D eigenvalue weighted by molar-refractivity contribution is 9.10. The molecule has 0 spiro atoms. The molecule has 0 fully saturated rings. The predicted octanol–water partition coefficient (Wildman–Crippen LogP) is 3.10. The fourth-order valence-electron chi connectivity index (χ4n) is 1.36. The smallest absolute Gasteiger partial charge is 0.128 e. The summed E-state index contributed by atoms with van der Waals surface area (Å²) in [5, 5.41) is 0. The van der Waals surface area contributed by atoms with E-state index in [1.165, 1.54) is 0 Å². The van der Waals surface area contributed by atoms with Crippen molar-refractivity contribution in [3.63, 3.8) is 0 Å². The van der Waals surface area contributed by atoms with E-state index >= 15 is 0 Å². The second kappa shape index (κ2) is 4.14. The monoisotopic (exact) mass is 266 g/mol. The number of hydrogen-bond donors (Lipinski definition) is 0. The number of hydrogen-bond acceptors (Lipinski definition) is 3. The molecule has 0 aliphatic heterocycles. The van der Waals surface area contributed by atoms with Gasteiger partial charge in [-0.05, 0) is 41.9 Å². The van der Waals surface area contributed by atoms with E-state index in [2.05, 4.69) is 25.9 Å². The van der Waals surface area contributed by atoms with Crippen LogP contribution in [0.25, 0.3) is 11.0 Å². The quantitative estimate of drug-likeness (QED) is 0.838. The Morgan fingerprint density at radius 1 is 1.27 bits per heavy atom. The summed E-state index contributed by atoms with van der Waals surface area (Å²) in [5.41, 5.74) is 2.62. The number of halogens is 1. The fourth-order valence-corrected chi connectivity index (χ4v) is 1.64. The van der Waals surface area contributed by atoms with Crippen molar-refractivity contribution in [2.75, 3.05) is 6.61 Å². The first-order valence-electron chi connectivity index (χ1n) is 4.77. The highest BCUT2D eigenvalue weighted by atomic mass is 79.9. The Hall–Kier alpha value is -1.16. The maximum Gasteiger partial charge on any atom is 0.128 e. The molecule has 0 saturated heterocycles. The zero-order chi connectivity index (χ0) is 10.8. The van der Waals surface area contributed by atoms with Crippen LogP contribution in [0.1, 0.15) is 12.6 Å². The third-order valence-corrected chi connectivity index (χ3v) is 2.81. The van der Waals surface area contributed by atoms with Gasteiger partial charge in [-0.1, -0.05) is 0 Å². The Morgan fingerprint density at radius 2 is 2.07 bits per heavy atom. The highest BCUT2D eigenvalue weighted by Gasteiger charge is 2.03. The lowest BCUT2D eigenvalue weighted by Gasteiger charge is -2.05. The van der Waals surface area contributed by atoms with Gasteiger partial charge in [0.15, 0.2) is 0 Å². The second-order valence-corrected chi connectivity index (χ2v) is 3.93. The lowest BCUT2D eigenvalue weighted by Crippen LogP contribution is -1.94. The summed E-state index contributed by atoms with van der Waals surface area (Å²) in [7, 11) is 0. The number of aromatic nitrogens is 2. The van der Waals surface area contributed by atoms with E-state index in [0.29, 0.717) is 6.61 Å². The minimum absolute atomic E-state index is 0.661. The molecule has 0 N–H and O–H groups in total. The molecular weight excluding hydrogens is 256 g/mol. The summed E-state index contributed by atoms with van der Waals surface area (Å²) in [6, 6.07) is 5.73. The molecule has 0 amide bonds. The molecule has 0 radical (unpaired) electrons. The third-order valence-electron chi connectivity index (χ3n) is 2.06. The van der Waals surface area contributed by atoms with Crippen LogP contribution in [0.4, 0.5) is 0 Å². The predicted molar refractivity (Wildman–Crippen MR) is 63.1 cm³/mol. The number of rotatable bonds is 2. The van der Waals surface area contributed by atoms with E-state index in [1.807, 2.05) is 32.0 Å². The fraction of sp³-hybridized carbons (Fsp3) is 0.273. The van der Waals surface area contributed by atoms with Crippen LogP contribution in [0.5, 0.6) is 5.75 Å². The lowest BCUT2D eigenvalue weighted by atomic mass is 10.3. The average Bonchev–Trinajstić information content (AvgIpc) is 2.21. The summed E-state index contributed by atoms with van der Waals surface area (Å²) < 4.78 is 6.20. The average molecular weight is 267 g/mol. The maximum absolute atomic E-state index is 5.40. The van der Waals surface area contributed by atoms with Crippen LogP contribution in [-0.4, -0.2) is 16.6 Å². The molecule has 1 aromatic heterocycles. The molecule has 0 aliphatic rings. The van der Waals surface area contributed by atoms with Crippen LogP contribution >= 0.6 is 15.9 Å². The molecule has 2 aromatic rings. The van der Waals surface area contributed by atoms with Gasteiger partial charge in [-0.15, -0.1) is 0 Å². The maximum atomic E-state index is 5.40. The summed E-state index contributed by atoms with van der Waals surface area (Å²) in [6.45, 7) is 4.54. The summed E-state index contributed by atoms with van der Waals surface area (Å²) in [6.07, 6.45) is 0. The van der Waals surface area contributed by atoms with Crippen LogP contribution < -0.4 is 4.74 Å². The Balaban J connectivity index is 2.56. The Kier molecular flexibility index (Phi) is 2.86. The van der Waals surface area contributed by atoms with Gasteiger partial charge in [0.05, 0.1) is 23.3 Å². The first-order valence-corrected chi connectivity index (χ1v) is 5.56. The number of nitrogens with zero attached hydrogens (tertiary/aromatic N) is 2. The summed E-state index contributed by atoms with van der Waals surface area (Å²) in [5.74, 6) is 0.834. The molecule has 4 heteroatoms. The summed E-state index contributed by atoms with van der Waals surface area (Å²) in [4.78, 5) is 8.80. The van der Waals surface area contributed by atoms with Gasteiger partial charge in [-0.2, -0.15) is 0 Å². The Bertz CT molecular complexity index is 499. The Morgan fingerprint density at radius 3 is 2.80 bits per heavy atom. The van der Waals surface area contributed by atoms with E-state index in [4.69, 9.17) is 4.74 Å². The van der Waals surface area contributed by atoms with Crippen LogP contribution in [0.3, 0.4) is 0 Å². The van der Waals surface area contributed by atoms with Gasteiger partial charge in [0.25, 0.3) is 0 Å². The molecule has 0 atom stereocenters. The van der Waals surface area contributed by atoms with E-state index < -0.39 is 0 Å². The molecule has 3 nitrogen and oxygen atoms in total. The first kappa shape index (κ1) is 10.4. The SMILES string of the molecule is CCOc1ccc2nc(Br)c(C)nc2c1. The molecule has 0 saturated carbocycles. The first-order chi connectivity index (χ1) is 7.20. The van der Waals surface area contributed by atoms with E-state index in [-0.39, 0.29) is 0 Å². The molecule has 1 aromatic carbocycles. The van der Waals surface area contributed by atoms with Crippen molar-refractivity contribution in [3.05, 3.63) is 28.5 Å². The van der Waals surface area contributed by atoms with Crippen molar-refractivity contribution in [2.24, 2.45) is 0 Å². The molecular formula is C11H11BrN2O. The van der Waals surface area contributed by atoms with Crippen molar-refractivity contribution in [1.29, 1.82) is 0 Å². The minimum atomic E-state index is 0.661. The van der Waals surface area contributed by atoms with Crippen molar-refractivity contribution in [2.45, 2.75) is 13.8 Å². The van der Waals surface area contributed by atoms with Crippen LogP contribution in [0.15, 0.2) is 22.8 Å². The van der Waals surface area contributed by atoms with Crippen LogP contribution in [0.2, 0.25) is 0 Å². The number of fused-ring (bicyclic) bond motifs is 1. The standard InChI is InChI=1S/C11H11BrN2O/c1-3-15-8-4-5-9-10(6-8)13-7(2)11(12)14-9/h4-6H,3H2,1-2H3. The largest absolute Gasteiger partial charge is 0.494 e. The second-order valence-electron chi connectivity index (χ2n) is 3.18. The van der Waals surface area contributed by atoms with Gasteiger partial charge in [-0.25, -0.2) is 9.97 Å². The number of benzene rings is 1. The van der Waals surface area contributed by atoms with Gasteiger partial charge < -0.3 is 4.74 Å². The highest BCUT2D eigenvalue weighted by Crippen LogP contribution is 2.21. The van der Waals surface area contributed by atoms with E-state index in [9.17, 15) is 0 Å². The molecule has 2 rings (SSSR count). The normalized spacial score (nSPS) is 10.6.